The molecule has 0 aliphatic carbocycles. The van der Waals surface area contributed by atoms with Crippen LogP contribution in [0, 0.1) is 5.92 Å². The van der Waals surface area contributed by atoms with Crippen LogP contribution in [0.15, 0.2) is 30.3 Å². The molecule has 0 radical (unpaired) electrons. The lowest BCUT2D eigenvalue weighted by molar-refractivity contribution is 0.260. The van der Waals surface area contributed by atoms with Gasteiger partial charge in [0.1, 0.15) is 0 Å². The van der Waals surface area contributed by atoms with Crippen molar-refractivity contribution in [2.24, 2.45) is 5.92 Å². The van der Waals surface area contributed by atoms with Crippen molar-refractivity contribution in [3.05, 3.63) is 35.9 Å². The van der Waals surface area contributed by atoms with E-state index in [2.05, 4.69) is 6.92 Å². The largest absolute Gasteiger partial charge is 0.282 e. The molecular weight excluding hydrogens is 284 g/mol. The molecule has 2 saturated heterocycles. The van der Waals surface area contributed by atoms with Crippen molar-refractivity contribution in [2.75, 3.05) is 19.6 Å². The van der Waals surface area contributed by atoms with Crippen LogP contribution in [0.5, 0.6) is 0 Å². The first-order chi connectivity index (χ1) is 10.1. The van der Waals surface area contributed by atoms with Crippen LogP contribution in [0.1, 0.15) is 44.2 Å². The molecule has 0 bridgehead atoms. The zero-order chi connectivity index (χ0) is 14.9. The third-order valence-corrected chi connectivity index (χ3v) is 6.80. The molecule has 2 aliphatic heterocycles. The second-order valence-electron chi connectivity index (χ2n) is 6.27. The van der Waals surface area contributed by atoms with Gasteiger partial charge in [0.2, 0.25) is 0 Å². The van der Waals surface area contributed by atoms with Gasteiger partial charge < -0.3 is 0 Å². The van der Waals surface area contributed by atoms with Crippen LogP contribution in [0.2, 0.25) is 0 Å². The minimum atomic E-state index is -3.32. The van der Waals surface area contributed by atoms with Gasteiger partial charge in [-0.1, -0.05) is 37.3 Å². The SMILES string of the molecule is CC1CCN(S(=O)(=O)N2CCC[C@@H]2c2ccccc2)CC1. The molecule has 1 aromatic carbocycles. The summed E-state index contributed by atoms with van der Waals surface area (Å²) in [6, 6.07) is 10.0. The van der Waals surface area contributed by atoms with Gasteiger partial charge in [-0.3, -0.25) is 0 Å². The maximum atomic E-state index is 12.9. The molecule has 0 amide bonds. The van der Waals surface area contributed by atoms with Crippen LogP contribution in [-0.2, 0) is 10.2 Å². The van der Waals surface area contributed by atoms with E-state index in [9.17, 15) is 8.42 Å². The molecule has 5 heteroatoms. The predicted molar refractivity (Wildman–Crippen MR) is 84.0 cm³/mol. The van der Waals surface area contributed by atoms with E-state index in [0.29, 0.717) is 25.6 Å². The number of nitrogens with zero attached hydrogens (tertiary/aromatic N) is 2. The van der Waals surface area contributed by atoms with E-state index in [1.54, 1.807) is 8.61 Å². The Balaban J connectivity index is 1.81. The van der Waals surface area contributed by atoms with Crippen molar-refractivity contribution < 1.29 is 8.42 Å². The number of benzene rings is 1. The van der Waals surface area contributed by atoms with E-state index in [1.165, 1.54) is 0 Å². The first-order valence-electron chi connectivity index (χ1n) is 7.91. The summed E-state index contributed by atoms with van der Waals surface area (Å²) >= 11 is 0. The normalized spacial score (nSPS) is 26.2. The highest BCUT2D eigenvalue weighted by molar-refractivity contribution is 7.86. The summed E-state index contributed by atoms with van der Waals surface area (Å²) in [6.07, 6.45) is 3.82. The zero-order valence-electron chi connectivity index (χ0n) is 12.6. The summed E-state index contributed by atoms with van der Waals surface area (Å²) in [6.45, 7) is 4.18. The standard InChI is InChI=1S/C16H24N2O2S/c1-14-9-12-17(13-10-14)21(19,20)18-11-5-8-16(18)15-6-3-2-4-7-15/h2-4,6-7,14,16H,5,8-13H2,1H3/t16-/m1/s1. The fourth-order valence-corrected chi connectivity index (χ4v) is 5.27. The first kappa shape index (κ1) is 15.0. The third-order valence-electron chi connectivity index (χ3n) is 4.75. The van der Waals surface area contributed by atoms with Crippen LogP contribution < -0.4 is 0 Å². The summed E-state index contributed by atoms with van der Waals surface area (Å²) in [5, 5.41) is 0. The summed E-state index contributed by atoms with van der Waals surface area (Å²) in [4.78, 5) is 0. The topological polar surface area (TPSA) is 40.6 Å². The molecule has 3 rings (SSSR count). The van der Waals surface area contributed by atoms with Crippen LogP contribution in [0.3, 0.4) is 0 Å². The first-order valence-corrected chi connectivity index (χ1v) is 9.30. The maximum Gasteiger partial charge on any atom is 0.282 e. The van der Waals surface area contributed by atoms with Gasteiger partial charge in [-0.15, -0.1) is 0 Å². The Morgan fingerprint density at radius 3 is 2.33 bits per heavy atom. The second kappa shape index (κ2) is 6.07. The number of hydrogen-bond donors (Lipinski definition) is 0. The zero-order valence-corrected chi connectivity index (χ0v) is 13.4. The third kappa shape index (κ3) is 3.00. The van der Waals surface area contributed by atoms with Crippen molar-refractivity contribution in [3.63, 3.8) is 0 Å². The summed E-state index contributed by atoms with van der Waals surface area (Å²) in [7, 11) is -3.32. The Labute approximate surface area is 127 Å². The highest BCUT2D eigenvalue weighted by atomic mass is 32.2. The van der Waals surface area contributed by atoms with Crippen LogP contribution in [-0.4, -0.2) is 36.7 Å². The Hall–Kier alpha value is -0.910. The molecule has 2 heterocycles. The Morgan fingerprint density at radius 2 is 1.67 bits per heavy atom. The second-order valence-corrected chi connectivity index (χ2v) is 8.15. The average Bonchev–Trinajstić information content (AvgIpc) is 2.99. The number of rotatable bonds is 3. The Kier molecular flexibility index (Phi) is 4.33. The van der Waals surface area contributed by atoms with Crippen LogP contribution in [0.25, 0.3) is 0 Å². The van der Waals surface area contributed by atoms with Crippen molar-refractivity contribution in [1.29, 1.82) is 0 Å². The van der Waals surface area contributed by atoms with Crippen molar-refractivity contribution in [1.82, 2.24) is 8.61 Å². The van der Waals surface area contributed by atoms with Crippen molar-refractivity contribution in [2.45, 2.75) is 38.6 Å². The highest BCUT2D eigenvalue weighted by Crippen LogP contribution is 2.36. The lowest BCUT2D eigenvalue weighted by Gasteiger charge is -2.34. The number of hydrogen-bond acceptors (Lipinski definition) is 2. The predicted octanol–water partition coefficient (Wildman–Crippen LogP) is 2.80. The molecule has 0 unspecified atom stereocenters. The Bertz CT molecular complexity index is 565. The summed E-state index contributed by atoms with van der Waals surface area (Å²) < 4.78 is 29.3. The molecule has 1 atom stereocenters. The van der Waals surface area contributed by atoms with Gasteiger partial charge in [-0.05, 0) is 37.2 Å². The molecule has 0 aromatic heterocycles. The van der Waals surface area contributed by atoms with Crippen molar-refractivity contribution in [3.8, 4) is 0 Å². The lowest BCUT2D eigenvalue weighted by Crippen LogP contribution is -2.46. The smallest absolute Gasteiger partial charge is 0.195 e. The van der Waals surface area contributed by atoms with Gasteiger partial charge >= 0.3 is 0 Å². The molecule has 21 heavy (non-hydrogen) atoms. The monoisotopic (exact) mass is 308 g/mol. The summed E-state index contributed by atoms with van der Waals surface area (Å²) in [5.41, 5.74) is 1.11. The van der Waals surface area contributed by atoms with Crippen LogP contribution in [0.4, 0.5) is 0 Å². The fourth-order valence-electron chi connectivity index (χ4n) is 3.39. The van der Waals surface area contributed by atoms with E-state index in [1.807, 2.05) is 30.3 Å². The van der Waals surface area contributed by atoms with Crippen LogP contribution >= 0.6 is 0 Å². The van der Waals surface area contributed by atoms with Gasteiger partial charge in [0.25, 0.3) is 10.2 Å². The van der Waals surface area contributed by atoms with E-state index in [-0.39, 0.29) is 6.04 Å². The number of piperidine rings is 1. The fraction of sp³-hybridized carbons (Fsp3) is 0.625. The molecule has 2 aliphatic rings. The molecule has 0 saturated carbocycles. The molecule has 2 fully saturated rings. The molecule has 0 spiro atoms. The molecular formula is C16H24N2O2S. The quantitative estimate of drug-likeness (QED) is 0.861. The summed E-state index contributed by atoms with van der Waals surface area (Å²) in [5.74, 6) is 0.639. The van der Waals surface area contributed by atoms with E-state index >= 15 is 0 Å². The molecule has 116 valence electrons. The van der Waals surface area contributed by atoms with Gasteiger partial charge in [-0.2, -0.15) is 17.0 Å². The molecule has 0 N–H and O–H groups in total. The van der Waals surface area contributed by atoms with Gasteiger partial charge in [0.15, 0.2) is 0 Å². The van der Waals surface area contributed by atoms with Crippen molar-refractivity contribution >= 4 is 10.2 Å². The minimum Gasteiger partial charge on any atom is -0.195 e. The maximum absolute atomic E-state index is 12.9. The van der Waals surface area contributed by atoms with E-state index in [0.717, 1.165) is 31.2 Å². The van der Waals surface area contributed by atoms with Gasteiger partial charge in [-0.25, -0.2) is 0 Å². The van der Waals surface area contributed by atoms with Gasteiger partial charge in [0.05, 0.1) is 6.04 Å². The van der Waals surface area contributed by atoms with Gasteiger partial charge in [0, 0.05) is 19.6 Å². The molecule has 4 nitrogen and oxygen atoms in total. The van der Waals surface area contributed by atoms with E-state index in [4.69, 9.17) is 0 Å². The minimum absolute atomic E-state index is 0.00977. The lowest BCUT2D eigenvalue weighted by atomic mass is 10.0. The van der Waals surface area contributed by atoms with E-state index < -0.39 is 10.2 Å². The Morgan fingerprint density at radius 1 is 1.00 bits per heavy atom. The highest BCUT2D eigenvalue weighted by Gasteiger charge is 2.39. The average molecular weight is 308 g/mol. The molecule has 1 aromatic rings.